The number of benzene rings is 1. The average Bonchev–Trinajstić information content (AvgIpc) is 2.42. The van der Waals surface area contributed by atoms with Gasteiger partial charge in [0.05, 0.1) is 0 Å². The highest BCUT2D eigenvalue weighted by molar-refractivity contribution is 6.32. The van der Waals surface area contributed by atoms with E-state index in [1.165, 1.54) is 24.3 Å². The van der Waals surface area contributed by atoms with Crippen molar-refractivity contribution in [3.63, 3.8) is 0 Å². The standard InChI is InChI=1S/C12H13N3O5/c1-7(16)12(18)20-15-11(14)8-2-4-9(5-3-8)19-6-10(13)17/h2-5H,6H2,1H3,(H2,13,17)(H2,14,15). The van der Waals surface area contributed by atoms with Gasteiger partial charge in [-0.1, -0.05) is 5.16 Å². The molecule has 0 saturated carbocycles. The molecule has 106 valence electrons. The van der Waals surface area contributed by atoms with Crippen molar-refractivity contribution < 1.29 is 24.0 Å². The predicted octanol–water partition coefficient (Wildman–Crippen LogP) is -0.697. The van der Waals surface area contributed by atoms with Crippen molar-refractivity contribution in [3.05, 3.63) is 29.8 Å². The highest BCUT2D eigenvalue weighted by atomic mass is 16.7. The van der Waals surface area contributed by atoms with E-state index in [9.17, 15) is 14.4 Å². The maximum atomic E-state index is 10.9. The molecule has 0 aliphatic heterocycles. The van der Waals surface area contributed by atoms with Gasteiger partial charge >= 0.3 is 5.97 Å². The van der Waals surface area contributed by atoms with Crippen molar-refractivity contribution >= 4 is 23.5 Å². The maximum Gasteiger partial charge on any atom is 0.400 e. The van der Waals surface area contributed by atoms with E-state index in [0.29, 0.717) is 11.3 Å². The quantitative estimate of drug-likeness (QED) is 0.232. The number of hydrogen-bond acceptors (Lipinski definition) is 6. The highest BCUT2D eigenvalue weighted by Gasteiger charge is 2.09. The second kappa shape index (κ2) is 6.88. The number of carbonyl (C=O) groups excluding carboxylic acids is 3. The molecule has 1 aromatic carbocycles. The van der Waals surface area contributed by atoms with Crippen LogP contribution in [0.3, 0.4) is 0 Å². The zero-order chi connectivity index (χ0) is 15.1. The summed E-state index contributed by atoms with van der Waals surface area (Å²) in [5.74, 6) is -2.14. The Balaban J connectivity index is 2.67. The maximum absolute atomic E-state index is 10.9. The Morgan fingerprint density at radius 3 is 2.25 bits per heavy atom. The number of ketones is 1. The molecule has 0 aliphatic carbocycles. The summed E-state index contributed by atoms with van der Waals surface area (Å²) in [7, 11) is 0. The van der Waals surface area contributed by atoms with Gasteiger partial charge < -0.3 is 21.0 Å². The van der Waals surface area contributed by atoms with Crippen molar-refractivity contribution in [2.24, 2.45) is 16.6 Å². The van der Waals surface area contributed by atoms with Crippen LogP contribution in [0.1, 0.15) is 12.5 Å². The molecule has 1 amide bonds. The van der Waals surface area contributed by atoms with E-state index in [1.807, 2.05) is 0 Å². The summed E-state index contributed by atoms with van der Waals surface area (Å²) in [5.41, 5.74) is 10.9. The SMILES string of the molecule is CC(=O)C(=O)O/N=C(\N)c1ccc(OCC(N)=O)cc1. The van der Waals surface area contributed by atoms with E-state index in [0.717, 1.165) is 6.92 Å². The minimum Gasteiger partial charge on any atom is -0.484 e. The van der Waals surface area contributed by atoms with Gasteiger partial charge in [-0.25, -0.2) is 4.79 Å². The van der Waals surface area contributed by atoms with Gasteiger partial charge in [-0.2, -0.15) is 0 Å². The van der Waals surface area contributed by atoms with Crippen LogP contribution in [-0.4, -0.2) is 30.1 Å². The smallest absolute Gasteiger partial charge is 0.400 e. The third-order valence-corrected chi connectivity index (χ3v) is 2.05. The molecule has 20 heavy (non-hydrogen) atoms. The number of nitrogens with zero attached hydrogens (tertiary/aromatic N) is 1. The Kier molecular flexibility index (Phi) is 5.21. The second-order valence-electron chi connectivity index (χ2n) is 3.69. The number of amidine groups is 1. The van der Waals surface area contributed by atoms with E-state index in [4.69, 9.17) is 16.2 Å². The largest absolute Gasteiger partial charge is 0.484 e. The first-order chi connectivity index (χ1) is 9.40. The number of rotatable bonds is 6. The third-order valence-electron chi connectivity index (χ3n) is 2.05. The van der Waals surface area contributed by atoms with Gasteiger partial charge in [0.25, 0.3) is 5.91 Å². The van der Waals surface area contributed by atoms with E-state index in [1.54, 1.807) is 0 Å². The fourth-order valence-corrected chi connectivity index (χ4v) is 1.08. The Hall–Kier alpha value is -2.90. The van der Waals surface area contributed by atoms with Crippen LogP contribution in [0, 0.1) is 0 Å². The molecule has 0 atom stereocenters. The Bertz CT molecular complexity index is 551. The van der Waals surface area contributed by atoms with E-state index >= 15 is 0 Å². The van der Waals surface area contributed by atoms with Crippen LogP contribution >= 0.6 is 0 Å². The molecular weight excluding hydrogens is 266 g/mol. The van der Waals surface area contributed by atoms with E-state index < -0.39 is 17.7 Å². The van der Waals surface area contributed by atoms with Gasteiger partial charge in [0, 0.05) is 12.5 Å². The predicted molar refractivity (Wildman–Crippen MR) is 68.6 cm³/mol. The normalized spacial score (nSPS) is 10.8. The molecule has 0 bridgehead atoms. The molecule has 4 N–H and O–H groups in total. The second-order valence-corrected chi connectivity index (χ2v) is 3.69. The topological polar surface area (TPSA) is 134 Å². The van der Waals surface area contributed by atoms with Crippen molar-refractivity contribution in [3.8, 4) is 5.75 Å². The first-order valence-corrected chi connectivity index (χ1v) is 5.47. The molecule has 0 radical (unpaired) electrons. The Morgan fingerprint density at radius 2 is 1.75 bits per heavy atom. The van der Waals surface area contributed by atoms with Crippen LogP contribution in [0.5, 0.6) is 5.75 Å². The molecule has 1 rings (SSSR count). The number of primary amides is 1. The molecule has 1 aromatic rings. The number of hydrogen-bond donors (Lipinski definition) is 2. The monoisotopic (exact) mass is 279 g/mol. The van der Waals surface area contributed by atoms with E-state index in [-0.39, 0.29) is 12.4 Å². The average molecular weight is 279 g/mol. The molecule has 0 saturated heterocycles. The molecule has 8 heteroatoms. The number of Topliss-reactive ketones (excluding diaryl/α,β-unsaturated/α-hetero) is 1. The first kappa shape index (κ1) is 15.2. The highest BCUT2D eigenvalue weighted by Crippen LogP contribution is 2.11. The molecule has 0 aliphatic rings. The molecule has 0 aromatic heterocycles. The van der Waals surface area contributed by atoms with Crippen LogP contribution in [0.25, 0.3) is 0 Å². The summed E-state index contributed by atoms with van der Waals surface area (Å²) in [6, 6.07) is 6.15. The zero-order valence-corrected chi connectivity index (χ0v) is 10.7. The van der Waals surface area contributed by atoms with Gasteiger partial charge in [0.15, 0.2) is 12.4 Å². The molecule has 8 nitrogen and oxygen atoms in total. The molecule has 0 spiro atoms. The van der Waals surface area contributed by atoms with Crippen molar-refractivity contribution in [1.82, 2.24) is 0 Å². The minimum absolute atomic E-state index is 0.0824. The van der Waals surface area contributed by atoms with Crippen LogP contribution in [-0.2, 0) is 19.2 Å². The molecule has 0 fully saturated rings. The summed E-state index contributed by atoms with van der Waals surface area (Å²) in [6.45, 7) is 0.818. The molecular formula is C12H13N3O5. The summed E-state index contributed by atoms with van der Waals surface area (Å²) in [5, 5.41) is 3.33. The number of oxime groups is 1. The van der Waals surface area contributed by atoms with Gasteiger partial charge in [0.2, 0.25) is 5.78 Å². The number of carbonyl (C=O) groups is 3. The lowest BCUT2D eigenvalue weighted by molar-refractivity contribution is -0.152. The Morgan fingerprint density at radius 1 is 1.15 bits per heavy atom. The molecule has 0 heterocycles. The van der Waals surface area contributed by atoms with Crippen molar-refractivity contribution in [2.75, 3.05) is 6.61 Å². The number of amides is 1. The Labute approximate surface area is 114 Å². The number of ether oxygens (including phenoxy) is 1. The fourth-order valence-electron chi connectivity index (χ4n) is 1.08. The van der Waals surface area contributed by atoms with Gasteiger partial charge in [-0.05, 0) is 24.3 Å². The first-order valence-electron chi connectivity index (χ1n) is 5.47. The van der Waals surface area contributed by atoms with Crippen LogP contribution in [0.15, 0.2) is 29.4 Å². The van der Waals surface area contributed by atoms with Crippen molar-refractivity contribution in [2.45, 2.75) is 6.92 Å². The van der Waals surface area contributed by atoms with E-state index in [2.05, 4.69) is 9.99 Å². The lowest BCUT2D eigenvalue weighted by Gasteiger charge is -2.04. The van der Waals surface area contributed by atoms with Gasteiger partial charge in [0.1, 0.15) is 5.75 Å². The van der Waals surface area contributed by atoms with Gasteiger partial charge in [-0.15, -0.1) is 0 Å². The van der Waals surface area contributed by atoms with Crippen molar-refractivity contribution in [1.29, 1.82) is 0 Å². The number of nitrogens with two attached hydrogens (primary N) is 2. The summed E-state index contributed by atoms with van der Waals surface area (Å²) in [6.07, 6.45) is 0. The van der Waals surface area contributed by atoms with Crippen LogP contribution in [0.4, 0.5) is 0 Å². The minimum atomic E-state index is -1.10. The van der Waals surface area contributed by atoms with Crippen LogP contribution in [0.2, 0.25) is 0 Å². The van der Waals surface area contributed by atoms with Gasteiger partial charge in [-0.3, -0.25) is 9.59 Å². The summed E-state index contributed by atoms with van der Waals surface area (Å²) >= 11 is 0. The lowest BCUT2D eigenvalue weighted by Crippen LogP contribution is -2.20. The summed E-state index contributed by atoms with van der Waals surface area (Å²) in [4.78, 5) is 36.4. The fraction of sp³-hybridized carbons (Fsp3) is 0.167. The molecule has 0 unspecified atom stereocenters. The zero-order valence-electron chi connectivity index (χ0n) is 10.7. The van der Waals surface area contributed by atoms with Crippen LogP contribution < -0.4 is 16.2 Å². The summed E-state index contributed by atoms with van der Waals surface area (Å²) < 4.78 is 5.05. The lowest BCUT2D eigenvalue weighted by atomic mass is 10.2. The third kappa shape index (κ3) is 4.77.